The molecule has 2 atom stereocenters. The number of aliphatic imine (C=N–C) groups is 1. The van der Waals surface area contributed by atoms with E-state index in [1.807, 2.05) is 20.8 Å². The Morgan fingerprint density at radius 3 is 2.78 bits per heavy atom. The molecule has 1 aromatic carbocycles. The van der Waals surface area contributed by atoms with Crippen molar-refractivity contribution in [3.63, 3.8) is 0 Å². The van der Waals surface area contributed by atoms with E-state index in [9.17, 15) is 14.0 Å². The zero-order valence-corrected chi connectivity index (χ0v) is 16.7. The first-order chi connectivity index (χ1) is 12.8. The molecule has 0 aliphatic carbocycles. The Bertz CT molecular complexity index is 834. The molecular weight excluding hydrogens is 367 g/mol. The summed E-state index contributed by atoms with van der Waals surface area (Å²) in [5.74, 6) is -0.873. The fourth-order valence-corrected chi connectivity index (χ4v) is 4.30. The summed E-state index contributed by atoms with van der Waals surface area (Å²) in [5.41, 5.74) is 1.32. The van der Waals surface area contributed by atoms with Gasteiger partial charge in [-0.25, -0.2) is 14.2 Å². The van der Waals surface area contributed by atoms with Gasteiger partial charge in [0.05, 0.1) is 29.2 Å². The third kappa shape index (κ3) is 3.78. The summed E-state index contributed by atoms with van der Waals surface area (Å²) < 4.78 is 19.3. The number of hydrogen-bond acceptors (Lipinski definition) is 5. The van der Waals surface area contributed by atoms with E-state index in [0.29, 0.717) is 22.8 Å². The SMILES string of the molecule is CC[C@@H]1SC2=NC(C)=C(C(=O)OCC(C)C)[C@H](c3cccc(F)c3)N2C1=O. The van der Waals surface area contributed by atoms with Crippen LogP contribution in [0.5, 0.6) is 0 Å². The van der Waals surface area contributed by atoms with Crippen molar-refractivity contribution in [2.24, 2.45) is 10.9 Å². The molecule has 1 amide bonds. The minimum atomic E-state index is -0.732. The number of thioether (sulfide) groups is 1. The Labute approximate surface area is 162 Å². The average Bonchev–Trinajstić information content (AvgIpc) is 2.93. The molecule has 0 spiro atoms. The zero-order valence-electron chi connectivity index (χ0n) is 15.9. The molecule has 1 aromatic rings. The Hall–Kier alpha value is -2.15. The van der Waals surface area contributed by atoms with E-state index >= 15 is 0 Å². The van der Waals surface area contributed by atoms with E-state index in [-0.39, 0.29) is 29.3 Å². The fourth-order valence-electron chi connectivity index (χ4n) is 3.16. The van der Waals surface area contributed by atoms with Crippen LogP contribution < -0.4 is 0 Å². The number of ether oxygens (including phenoxy) is 1. The Morgan fingerprint density at radius 2 is 2.15 bits per heavy atom. The topological polar surface area (TPSA) is 59.0 Å². The number of carbonyl (C=O) groups excluding carboxylic acids is 2. The molecule has 3 rings (SSSR count). The van der Waals surface area contributed by atoms with Crippen molar-refractivity contribution in [2.45, 2.75) is 45.4 Å². The molecule has 5 nitrogen and oxygen atoms in total. The summed E-state index contributed by atoms with van der Waals surface area (Å²) >= 11 is 1.39. The Morgan fingerprint density at radius 1 is 1.41 bits per heavy atom. The molecule has 27 heavy (non-hydrogen) atoms. The molecule has 2 aliphatic rings. The summed E-state index contributed by atoms with van der Waals surface area (Å²) in [6.07, 6.45) is 0.654. The number of nitrogens with zero attached hydrogens (tertiary/aromatic N) is 2. The van der Waals surface area contributed by atoms with Gasteiger partial charge in [0.1, 0.15) is 5.82 Å². The van der Waals surface area contributed by atoms with Gasteiger partial charge in [0.15, 0.2) is 5.17 Å². The maximum atomic E-state index is 13.9. The van der Waals surface area contributed by atoms with E-state index in [1.54, 1.807) is 19.1 Å². The lowest BCUT2D eigenvalue weighted by Gasteiger charge is -2.33. The van der Waals surface area contributed by atoms with E-state index in [4.69, 9.17) is 4.74 Å². The van der Waals surface area contributed by atoms with Crippen molar-refractivity contribution >= 4 is 28.8 Å². The molecule has 7 heteroatoms. The van der Waals surface area contributed by atoms with Crippen LogP contribution in [0.2, 0.25) is 0 Å². The second-order valence-electron chi connectivity index (χ2n) is 7.07. The van der Waals surface area contributed by atoms with Crippen LogP contribution in [0.3, 0.4) is 0 Å². The normalized spacial score (nSPS) is 22.2. The summed E-state index contributed by atoms with van der Waals surface area (Å²) in [7, 11) is 0. The lowest BCUT2D eigenvalue weighted by molar-refractivity contribution is -0.141. The number of halogens is 1. The molecule has 2 aliphatic heterocycles. The van der Waals surface area contributed by atoms with Crippen molar-refractivity contribution in [1.29, 1.82) is 0 Å². The number of fused-ring (bicyclic) bond motifs is 1. The summed E-state index contributed by atoms with van der Waals surface area (Å²) in [4.78, 5) is 31.8. The highest BCUT2D eigenvalue weighted by atomic mass is 32.2. The van der Waals surface area contributed by atoms with Gasteiger partial charge in [0, 0.05) is 0 Å². The van der Waals surface area contributed by atoms with Gasteiger partial charge >= 0.3 is 5.97 Å². The van der Waals surface area contributed by atoms with E-state index in [0.717, 1.165) is 0 Å². The van der Waals surface area contributed by atoms with Gasteiger partial charge in [0.25, 0.3) is 0 Å². The van der Waals surface area contributed by atoms with Crippen molar-refractivity contribution in [3.8, 4) is 0 Å². The first-order valence-electron chi connectivity index (χ1n) is 9.05. The molecule has 0 bridgehead atoms. The predicted octanol–water partition coefficient (Wildman–Crippen LogP) is 4.06. The van der Waals surface area contributed by atoms with E-state index in [1.165, 1.54) is 28.8 Å². The number of rotatable bonds is 5. The molecule has 0 unspecified atom stereocenters. The van der Waals surface area contributed by atoms with Crippen LogP contribution in [0.1, 0.15) is 45.7 Å². The molecule has 2 heterocycles. The number of amidine groups is 1. The number of amides is 1. The van der Waals surface area contributed by atoms with Gasteiger partial charge < -0.3 is 4.74 Å². The van der Waals surface area contributed by atoms with Crippen molar-refractivity contribution < 1.29 is 18.7 Å². The van der Waals surface area contributed by atoms with Gasteiger partial charge in [-0.15, -0.1) is 0 Å². The van der Waals surface area contributed by atoms with Crippen molar-refractivity contribution in [1.82, 2.24) is 4.90 Å². The average molecular weight is 390 g/mol. The number of allylic oxidation sites excluding steroid dienone is 1. The van der Waals surface area contributed by atoms with E-state index in [2.05, 4.69) is 4.99 Å². The highest BCUT2D eigenvalue weighted by Crippen LogP contribution is 2.44. The smallest absolute Gasteiger partial charge is 0.338 e. The zero-order chi connectivity index (χ0) is 19.7. The monoisotopic (exact) mass is 390 g/mol. The third-order valence-electron chi connectivity index (χ3n) is 4.45. The quantitative estimate of drug-likeness (QED) is 0.712. The lowest BCUT2D eigenvalue weighted by atomic mass is 9.94. The number of carbonyl (C=O) groups is 2. The predicted molar refractivity (Wildman–Crippen MR) is 104 cm³/mol. The van der Waals surface area contributed by atoms with Gasteiger partial charge in [-0.1, -0.05) is 44.7 Å². The molecule has 0 saturated carbocycles. The van der Waals surface area contributed by atoms with Crippen LogP contribution in [0.25, 0.3) is 0 Å². The summed E-state index contributed by atoms with van der Waals surface area (Å²) in [5, 5.41) is 0.303. The summed E-state index contributed by atoms with van der Waals surface area (Å²) in [6.45, 7) is 7.82. The minimum Gasteiger partial charge on any atom is -0.462 e. The highest BCUT2D eigenvalue weighted by molar-refractivity contribution is 8.15. The van der Waals surface area contributed by atoms with Crippen LogP contribution in [0, 0.1) is 11.7 Å². The van der Waals surface area contributed by atoms with Crippen molar-refractivity contribution in [3.05, 3.63) is 46.9 Å². The van der Waals surface area contributed by atoms with E-state index < -0.39 is 17.8 Å². The molecule has 0 N–H and O–H groups in total. The summed E-state index contributed by atoms with van der Waals surface area (Å²) in [6, 6.07) is 5.26. The van der Waals surface area contributed by atoms with Crippen LogP contribution >= 0.6 is 11.8 Å². The fraction of sp³-hybridized carbons (Fsp3) is 0.450. The van der Waals surface area contributed by atoms with Gasteiger partial charge in [-0.2, -0.15) is 0 Å². The molecule has 144 valence electrons. The van der Waals surface area contributed by atoms with Crippen LogP contribution in [-0.2, 0) is 14.3 Å². The minimum absolute atomic E-state index is 0.114. The maximum absolute atomic E-state index is 13.9. The number of benzene rings is 1. The number of esters is 1. The Kier molecular flexibility index (Phi) is 5.69. The lowest BCUT2D eigenvalue weighted by Crippen LogP contribution is -2.41. The highest BCUT2D eigenvalue weighted by Gasteiger charge is 2.47. The van der Waals surface area contributed by atoms with Crippen LogP contribution in [0.4, 0.5) is 4.39 Å². The first-order valence-corrected chi connectivity index (χ1v) is 9.93. The van der Waals surface area contributed by atoms with Gasteiger partial charge in [-0.05, 0) is 37.0 Å². The molecule has 1 fully saturated rings. The van der Waals surface area contributed by atoms with Crippen molar-refractivity contribution in [2.75, 3.05) is 6.61 Å². The molecular formula is C20H23FN2O3S. The van der Waals surface area contributed by atoms with Crippen LogP contribution in [0.15, 0.2) is 40.5 Å². The van der Waals surface area contributed by atoms with Crippen LogP contribution in [-0.4, -0.2) is 33.8 Å². The molecule has 0 radical (unpaired) electrons. The second-order valence-corrected chi connectivity index (χ2v) is 8.24. The first kappa shape index (κ1) is 19.6. The van der Waals surface area contributed by atoms with Gasteiger partial charge in [0.2, 0.25) is 5.91 Å². The molecule has 1 saturated heterocycles. The Balaban J connectivity index is 2.08. The third-order valence-corrected chi connectivity index (χ3v) is 5.77. The second kappa shape index (κ2) is 7.84. The maximum Gasteiger partial charge on any atom is 0.338 e. The largest absolute Gasteiger partial charge is 0.462 e. The standard InChI is InChI=1S/C20H23FN2O3S/c1-5-15-18(24)23-17(13-7-6-8-14(21)9-13)16(12(4)22-20(23)27-15)19(25)26-10-11(2)3/h6-9,11,15,17H,5,10H2,1-4H3/t15-,17-/m0/s1. The molecule has 0 aromatic heterocycles. The van der Waals surface area contributed by atoms with Gasteiger partial charge in [-0.3, -0.25) is 9.69 Å². The number of hydrogen-bond donors (Lipinski definition) is 0.